The van der Waals surface area contributed by atoms with Crippen molar-refractivity contribution in [1.82, 2.24) is 25.1 Å². The summed E-state index contributed by atoms with van der Waals surface area (Å²) in [6.45, 7) is 8.97. The normalized spacial score (nSPS) is 26.8. The number of benzene rings is 2. The lowest BCUT2D eigenvalue weighted by Crippen LogP contribution is -2.49. The van der Waals surface area contributed by atoms with E-state index in [9.17, 15) is 63.1 Å². The summed E-state index contributed by atoms with van der Waals surface area (Å²) in [6.07, 6.45) is -2.19. The van der Waals surface area contributed by atoms with Crippen LogP contribution in [0.5, 0.6) is 0 Å². The quantitative estimate of drug-likeness (QED) is 0.0663. The molecule has 2 aromatic carbocycles. The van der Waals surface area contributed by atoms with E-state index in [4.69, 9.17) is 32.7 Å². The third kappa shape index (κ3) is 11.8. The third-order valence-corrected chi connectivity index (χ3v) is 13.3. The lowest BCUT2D eigenvalue weighted by atomic mass is 9.96. The van der Waals surface area contributed by atoms with E-state index in [1.54, 1.807) is 37.3 Å². The zero-order chi connectivity index (χ0) is 53.9. The summed E-state index contributed by atoms with van der Waals surface area (Å²) in [5, 5.41) is 27.0. The van der Waals surface area contributed by atoms with E-state index in [1.807, 2.05) is 6.92 Å². The first-order valence-corrected chi connectivity index (χ1v) is 26.2. The molecule has 5 aliphatic heterocycles. The molecule has 4 fully saturated rings. The van der Waals surface area contributed by atoms with Crippen LogP contribution in [0.2, 0.25) is 0 Å². The lowest BCUT2D eigenvalue weighted by molar-refractivity contribution is -0.394. The molecule has 6 heterocycles. The van der Waals surface area contributed by atoms with Gasteiger partial charge in [-0.05, 0) is 31.0 Å². The lowest BCUT2D eigenvalue weighted by Gasteiger charge is -2.38. The van der Waals surface area contributed by atoms with Crippen molar-refractivity contribution < 1.29 is 75.9 Å². The van der Waals surface area contributed by atoms with Gasteiger partial charge in [-0.25, -0.2) is 9.59 Å². The standard InChI is InChI=1S/C23H25N2O8P.C22H22N5O12P/c1-4-23-14-31-18(19(23)33-34(3,28)29)21(32-23)25-13-17(20(26)24-15(25)2)11-8-12-30-22(27)16-9-6-5-7-10-16;1-3-22-11-37-16(17(22)39-40(2,35)36)20(38-22)25-10-12(18(28)24-21(25)30)5-4-8-23-19(29)14-7-6-13(26(31)32)9-15(14)27(33)34/h5-7,9-10,13,18-19,21H,2,4,12,14H2,1,3H3,(H,24,26)(H,28,29);6-7,9-10,16-17,20H,3,8,11H2,1-2H3,(H,23,29)(H,35,36)(H,24,28,30)/p-2/t18?,19-,21+,23+;16?,17-,20+,22+/m00/s1. The predicted molar refractivity (Wildman–Crippen MR) is 249 cm³/mol. The number of amides is 2. The Bertz CT molecular complexity index is 3170. The van der Waals surface area contributed by atoms with Crippen molar-refractivity contribution in [2.45, 2.75) is 74.8 Å². The van der Waals surface area contributed by atoms with Gasteiger partial charge < -0.3 is 67.2 Å². The Balaban J connectivity index is 0.000000219. The van der Waals surface area contributed by atoms with Gasteiger partial charge in [-0.3, -0.25) is 44.2 Å². The molecule has 2 amide bonds. The Morgan fingerprint density at radius 2 is 1.50 bits per heavy atom. The van der Waals surface area contributed by atoms with Crippen LogP contribution in [-0.2, 0) is 46.7 Å². The number of aromatic nitrogens is 2. The van der Waals surface area contributed by atoms with Crippen molar-refractivity contribution in [2.24, 2.45) is 0 Å². The number of nitrogens with zero attached hydrogens (tertiary/aromatic N) is 4. The Morgan fingerprint density at radius 3 is 2.08 bits per heavy atom. The first kappa shape index (κ1) is 54.6. The first-order chi connectivity index (χ1) is 34.9. The number of carbonyl (C=O) groups is 3. The largest absolute Gasteiger partial charge is 0.779 e. The van der Waals surface area contributed by atoms with Crippen LogP contribution in [0.1, 0.15) is 59.2 Å². The minimum absolute atomic E-state index is 0.0344. The first-order valence-electron chi connectivity index (χ1n) is 22.2. The van der Waals surface area contributed by atoms with Crippen molar-refractivity contribution in [1.29, 1.82) is 0 Å². The maximum atomic E-state index is 12.6. The fraction of sp³-hybridized carbons (Fsp3) is 0.400. The second-order valence-corrected chi connectivity index (χ2v) is 20.5. The highest BCUT2D eigenvalue weighted by Gasteiger charge is 2.64. The molecule has 4 unspecified atom stereocenters. The molecular weight excluding hydrogens is 1020 g/mol. The minimum Gasteiger partial charge on any atom is -0.779 e. The topological polar surface area (TPSA) is 365 Å². The minimum atomic E-state index is -4.20. The third-order valence-electron chi connectivity index (χ3n) is 12.1. The summed E-state index contributed by atoms with van der Waals surface area (Å²) in [4.78, 5) is 109. The summed E-state index contributed by atoms with van der Waals surface area (Å²) < 4.78 is 64.0. The number of non-ortho nitro benzene ring substituents is 1. The summed E-state index contributed by atoms with van der Waals surface area (Å²) >= 11 is 0. The van der Waals surface area contributed by atoms with Crippen LogP contribution in [0.3, 0.4) is 0 Å². The molecule has 29 heteroatoms. The van der Waals surface area contributed by atoms with Gasteiger partial charge in [0.25, 0.3) is 28.7 Å². The molecule has 4 saturated heterocycles. The molecule has 8 rings (SSSR count). The Morgan fingerprint density at radius 1 is 0.892 bits per heavy atom. The average Bonchev–Trinajstić information content (AvgIpc) is 4.05. The van der Waals surface area contributed by atoms with E-state index in [0.717, 1.165) is 36.2 Å². The number of nitro benzene ring substituents is 2. The maximum Gasteiger partial charge on any atom is 0.339 e. The summed E-state index contributed by atoms with van der Waals surface area (Å²) in [5.74, 6) is 8.57. The van der Waals surface area contributed by atoms with Gasteiger partial charge in [-0.1, -0.05) is 62.3 Å². The van der Waals surface area contributed by atoms with Crippen LogP contribution >= 0.6 is 15.2 Å². The Hall–Kier alpha value is -7.13. The Kier molecular flexibility index (Phi) is 16.1. The molecule has 5 aliphatic rings. The SMILES string of the molecule is C=C1NC(=O)C(C#CCOC(=O)c2ccccc2)=CN1[C@@H]1O[C@]2(CC)COC1[C@@H]2OP(C)(=O)[O-].CC[C@]12COC([C@H](n3cc(C#CCNC(=O)c4ccc([N+](=O)[O-])cc4[N+](=O)[O-])c(=O)[nH]c3=O)O1)[C@@H]2OP(C)(=O)[O-]. The van der Waals surface area contributed by atoms with Crippen molar-refractivity contribution in [3.63, 3.8) is 0 Å². The van der Waals surface area contributed by atoms with E-state index < -0.39 is 119 Å². The number of aromatic amines is 1. The van der Waals surface area contributed by atoms with Crippen LogP contribution in [0, 0.1) is 43.9 Å². The van der Waals surface area contributed by atoms with Gasteiger partial charge >= 0.3 is 11.7 Å². The molecule has 0 spiro atoms. The number of hydrogen-bond acceptors (Lipinski definition) is 21. The number of hydrogen-bond donors (Lipinski definition) is 3. The van der Waals surface area contributed by atoms with Gasteiger partial charge in [0.1, 0.15) is 73.3 Å². The van der Waals surface area contributed by atoms with Gasteiger partial charge in [0.05, 0.1) is 41.2 Å². The fourth-order valence-electron chi connectivity index (χ4n) is 8.47. The second-order valence-electron chi connectivity index (χ2n) is 17.0. The van der Waals surface area contributed by atoms with Crippen molar-refractivity contribution in [3.8, 4) is 23.7 Å². The molecule has 4 bridgehead atoms. The number of rotatable bonds is 14. The van der Waals surface area contributed by atoms with E-state index in [0.29, 0.717) is 24.5 Å². The molecule has 27 nitrogen and oxygen atoms in total. The van der Waals surface area contributed by atoms with Crippen LogP contribution in [0.4, 0.5) is 11.4 Å². The summed E-state index contributed by atoms with van der Waals surface area (Å²) in [6, 6.07) is 11.0. The fourth-order valence-corrected chi connectivity index (χ4v) is 9.91. The van der Waals surface area contributed by atoms with Gasteiger partial charge in [-0.2, -0.15) is 0 Å². The van der Waals surface area contributed by atoms with Gasteiger partial charge in [-0.15, -0.1) is 0 Å². The predicted octanol–water partition coefficient (Wildman–Crippen LogP) is 0.885. The molecule has 0 radical (unpaired) electrons. The Labute approximate surface area is 419 Å². The molecule has 3 aromatic rings. The number of nitrogens with one attached hydrogen (secondary N) is 3. The number of H-pyrrole nitrogens is 1. The smallest absolute Gasteiger partial charge is 0.339 e. The van der Waals surface area contributed by atoms with Gasteiger partial charge in [0.15, 0.2) is 19.1 Å². The van der Waals surface area contributed by atoms with Crippen LogP contribution in [-0.4, -0.2) is 124 Å². The van der Waals surface area contributed by atoms with E-state index in [2.05, 4.69) is 45.9 Å². The molecule has 1 aromatic heterocycles. The van der Waals surface area contributed by atoms with Crippen molar-refractivity contribution >= 4 is 44.3 Å². The highest BCUT2D eigenvalue weighted by atomic mass is 31.2. The van der Waals surface area contributed by atoms with Crippen molar-refractivity contribution in [3.05, 3.63) is 137 Å². The summed E-state index contributed by atoms with van der Waals surface area (Å²) in [5.41, 5.74) is -5.33. The van der Waals surface area contributed by atoms with Crippen LogP contribution in [0.15, 0.2) is 88.5 Å². The molecule has 10 atom stereocenters. The van der Waals surface area contributed by atoms with E-state index in [-0.39, 0.29) is 43.3 Å². The average molecular weight is 1070 g/mol. The zero-order valence-corrected chi connectivity index (χ0v) is 41.3. The number of esters is 1. The van der Waals surface area contributed by atoms with Crippen LogP contribution < -0.4 is 31.7 Å². The van der Waals surface area contributed by atoms with Gasteiger partial charge in [0, 0.05) is 31.8 Å². The maximum absolute atomic E-state index is 12.6. The molecule has 3 N–H and O–H groups in total. The number of fused-ring (bicyclic) bond motifs is 4. The highest BCUT2D eigenvalue weighted by molar-refractivity contribution is 7.50. The number of nitro groups is 2. The summed E-state index contributed by atoms with van der Waals surface area (Å²) in [7, 11) is -8.25. The van der Waals surface area contributed by atoms with Crippen molar-refractivity contribution in [2.75, 3.05) is 39.7 Å². The molecule has 74 heavy (non-hydrogen) atoms. The van der Waals surface area contributed by atoms with Gasteiger partial charge in [0.2, 0.25) is 0 Å². The monoisotopic (exact) mass is 1070 g/mol. The molecular formula is C45H45N7O20P2-2. The van der Waals surface area contributed by atoms with E-state index >= 15 is 0 Å². The molecule has 392 valence electrons. The van der Waals surface area contributed by atoms with E-state index in [1.165, 1.54) is 11.1 Å². The highest BCUT2D eigenvalue weighted by Crippen LogP contribution is 2.53. The number of carbonyl (C=O) groups excluding carboxylic acids is 3. The zero-order valence-electron chi connectivity index (χ0n) is 39.5. The second kappa shape index (κ2) is 21.8. The van der Waals surface area contributed by atoms with Crippen LogP contribution in [0.25, 0.3) is 0 Å². The number of ether oxygens (including phenoxy) is 5. The molecule has 0 saturated carbocycles. The molecule has 0 aliphatic carbocycles.